The summed E-state index contributed by atoms with van der Waals surface area (Å²) in [6.07, 6.45) is 0.707. The van der Waals surface area contributed by atoms with Crippen molar-refractivity contribution >= 4 is 11.6 Å². The number of para-hydroxylation sites is 1. The molecule has 1 amide bonds. The molecule has 0 saturated carbocycles. The Morgan fingerprint density at radius 1 is 1.00 bits per heavy atom. The zero-order valence-electron chi connectivity index (χ0n) is 15.3. The highest BCUT2D eigenvalue weighted by molar-refractivity contribution is 5.94. The van der Waals surface area contributed by atoms with Crippen molar-refractivity contribution in [3.8, 4) is 11.4 Å². The summed E-state index contributed by atoms with van der Waals surface area (Å²) in [5, 5.41) is 3.97. The maximum Gasteiger partial charge on any atom is 0.253 e. The minimum absolute atomic E-state index is 0.0663. The molecule has 0 radical (unpaired) electrons. The minimum Gasteiger partial charge on any atom is -0.368 e. The van der Waals surface area contributed by atoms with Gasteiger partial charge in [-0.25, -0.2) is 0 Å². The van der Waals surface area contributed by atoms with Crippen molar-refractivity contribution in [2.75, 3.05) is 31.1 Å². The Kier molecular flexibility index (Phi) is 4.87. The van der Waals surface area contributed by atoms with E-state index in [1.54, 1.807) is 0 Å². The van der Waals surface area contributed by atoms with Crippen LogP contribution in [0.5, 0.6) is 0 Å². The molecule has 1 aliphatic heterocycles. The number of anilines is 1. The molecule has 4 rings (SSSR count). The van der Waals surface area contributed by atoms with E-state index in [1.165, 1.54) is 5.69 Å². The third kappa shape index (κ3) is 3.69. The van der Waals surface area contributed by atoms with Gasteiger partial charge in [0.25, 0.3) is 5.91 Å². The number of piperazine rings is 1. The predicted molar refractivity (Wildman–Crippen MR) is 104 cm³/mol. The Hall–Kier alpha value is -3.15. The van der Waals surface area contributed by atoms with E-state index in [4.69, 9.17) is 4.52 Å². The van der Waals surface area contributed by atoms with Crippen LogP contribution < -0.4 is 4.90 Å². The number of hydrogen-bond donors (Lipinski definition) is 0. The van der Waals surface area contributed by atoms with Crippen LogP contribution in [0, 0.1) is 0 Å². The predicted octanol–water partition coefficient (Wildman–Crippen LogP) is 3.26. The van der Waals surface area contributed by atoms with Crippen LogP contribution in [-0.2, 0) is 6.42 Å². The molecule has 1 saturated heterocycles. The van der Waals surface area contributed by atoms with Crippen molar-refractivity contribution in [1.29, 1.82) is 0 Å². The van der Waals surface area contributed by atoms with Gasteiger partial charge in [-0.1, -0.05) is 42.4 Å². The van der Waals surface area contributed by atoms with E-state index in [2.05, 4.69) is 27.2 Å². The molecule has 6 nitrogen and oxygen atoms in total. The van der Waals surface area contributed by atoms with Crippen LogP contribution in [0.3, 0.4) is 0 Å². The third-order valence-corrected chi connectivity index (χ3v) is 4.85. The standard InChI is InChI=1S/C21H22N4O2/c1-2-19-22-20(23-27-19)16-8-10-17(11-9-16)21(26)25-14-12-24(13-15-25)18-6-4-3-5-7-18/h3-11H,2,12-15H2,1H3. The molecule has 27 heavy (non-hydrogen) atoms. The van der Waals surface area contributed by atoms with Crippen molar-refractivity contribution in [3.05, 3.63) is 66.1 Å². The molecule has 2 heterocycles. The normalized spacial score (nSPS) is 14.4. The summed E-state index contributed by atoms with van der Waals surface area (Å²) in [5.41, 5.74) is 2.75. The van der Waals surface area contributed by atoms with E-state index in [0.717, 1.165) is 31.7 Å². The molecule has 0 atom stereocenters. The fraction of sp³-hybridized carbons (Fsp3) is 0.286. The molecule has 0 bridgehead atoms. The molecule has 2 aromatic carbocycles. The van der Waals surface area contributed by atoms with Gasteiger partial charge in [0.2, 0.25) is 11.7 Å². The third-order valence-electron chi connectivity index (χ3n) is 4.85. The Morgan fingerprint density at radius 3 is 2.33 bits per heavy atom. The number of benzene rings is 2. The largest absolute Gasteiger partial charge is 0.368 e. The number of amides is 1. The molecule has 1 fully saturated rings. The quantitative estimate of drug-likeness (QED) is 0.713. The summed E-state index contributed by atoms with van der Waals surface area (Å²) < 4.78 is 5.15. The van der Waals surface area contributed by atoms with Crippen LogP contribution in [0.15, 0.2) is 59.1 Å². The SMILES string of the molecule is CCc1nc(-c2ccc(C(=O)N3CCN(c4ccccc4)CC3)cc2)no1. The van der Waals surface area contributed by atoms with Gasteiger partial charge in [-0.2, -0.15) is 4.98 Å². The zero-order chi connectivity index (χ0) is 18.6. The highest BCUT2D eigenvalue weighted by atomic mass is 16.5. The van der Waals surface area contributed by atoms with Crippen LogP contribution in [0.2, 0.25) is 0 Å². The van der Waals surface area contributed by atoms with Crippen LogP contribution in [-0.4, -0.2) is 47.1 Å². The van der Waals surface area contributed by atoms with Gasteiger partial charge in [0.1, 0.15) is 0 Å². The van der Waals surface area contributed by atoms with Gasteiger partial charge in [-0.05, 0) is 24.3 Å². The highest BCUT2D eigenvalue weighted by Gasteiger charge is 2.22. The molecule has 0 spiro atoms. The topological polar surface area (TPSA) is 62.5 Å². The van der Waals surface area contributed by atoms with Crippen LogP contribution in [0.1, 0.15) is 23.2 Å². The number of aryl methyl sites for hydroxylation is 1. The van der Waals surface area contributed by atoms with Crippen molar-refractivity contribution in [1.82, 2.24) is 15.0 Å². The summed E-state index contributed by atoms with van der Waals surface area (Å²) in [6, 6.07) is 17.7. The number of carbonyl (C=O) groups is 1. The highest BCUT2D eigenvalue weighted by Crippen LogP contribution is 2.19. The van der Waals surface area contributed by atoms with Crippen LogP contribution in [0.4, 0.5) is 5.69 Å². The van der Waals surface area contributed by atoms with E-state index in [9.17, 15) is 4.79 Å². The first-order chi connectivity index (χ1) is 13.2. The lowest BCUT2D eigenvalue weighted by atomic mass is 10.1. The van der Waals surface area contributed by atoms with E-state index in [-0.39, 0.29) is 5.91 Å². The number of hydrogen-bond acceptors (Lipinski definition) is 5. The van der Waals surface area contributed by atoms with Crippen molar-refractivity contribution in [2.45, 2.75) is 13.3 Å². The summed E-state index contributed by atoms with van der Waals surface area (Å²) in [6.45, 7) is 5.10. The maximum absolute atomic E-state index is 12.8. The van der Waals surface area contributed by atoms with Crippen LogP contribution >= 0.6 is 0 Å². The average Bonchev–Trinajstić information content (AvgIpc) is 3.23. The second-order valence-electron chi connectivity index (χ2n) is 6.56. The second kappa shape index (κ2) is 7.61. The number of carbonyl (C=O) groups excluding carboxylic acids is 1. The van der Waals surface area contributed by atoms with Gasteiger partial charge >= 0.3 is 0 Å². The lowest BCUT2D eigenvalue weighted by Gasteiger charge is -2.36. The summed E-state index contributed by atoms with van der Waals surface area (Å²) in [4.78, 5) is 21.3. The van der Waals surface area contributed by atoms with Gasteiger partial charge in [0.05, 0.1) is 0 Å². The minimum atomic E-state index is 0.0663. The molecule has 3 aromatic rings. The van der Waals surface area contributed by atoms with E-state index >= 15 is 0 Å². The van der Waals surface area contributed by atoms with Crippen LogP contribution in [0.25, 0.3) is 11.4 Å². The Balaban J connectivity index is 1.40. The molecule has 0 unspecified atom stereocenters. The summed E-state index contributed by atoms with van der Waals surface area (Å²) in [5.74, 6) is 1.24. The Morgan fingerprint density at radius 2 is 1.70 bits per heavy atom. The molecule has 6 heteroatoms. The Bertz CT molecular complexity index is 897. The molecule has 0 N–H and O–H groups in total. The van der Waals surface area contributed by atoms with Gasteiger partial charge < -0.3 is 14.3 Å². The number of nitrogens with zero attached hydrogens (tertiary/aromatic N) is 4. The number of aromatic nitrogens is 2. The van der Waals surface area contributed by atoms with Gasteiger partial charge in [0.15, 0.2) is 0 Å². The van der Waals surface area contributed by atoms with E-state index < -0.39 is 0 Å². The Labute approximate surface area is 158 Å². The molecule has 1 aromatic heterocycles. The second-order valence-corrected chi connectivity index (χ2v) is 6.56. The monoisotopic (exact) mass is 362 g/mol. The molecule has 0 aliphatic carbocycles. The number of rotatable bonds is 4. The lowest BCUT2D eigenvalue weighted by molar-refractivity contribution is 0.0747. The van der Waals surface area contributed by atoms with Gasteiger partial charge in [0, 0.05) is 49.4 Å². The van der Waals surface area contributed by atoms with Crippen molar-refractivity contribution in [2.24, 2.45) is 0 Å². The van der Waals surface area contributed by atoms with E-state index in [1.807, 2.05) is 54.3 Å². The molecular formula is C21H22N4O2. The van der Waals surface area contributed by atoms with Crippen molar-refractivity contribution in [3.63, 3.8) is 0 Å². The first kappa shape index (κ1) is 17.3. The molecular weight excluding hydrogens is 340 g/mol. The summed E-state index contributed by atoms with van der Waals surface area (Å²) in [7, 11) is 0. The summed E-state index contributed by atoms with van der Waals surface area (Å²) >= 11 is 0. The molecule has 138 valence electrons. The zero-order valence-corrected chi connectivity index (χ0v) is 15.3. The fourth-order valence-corrected chi connectivity index (χ4v) is 3.27. The average molecular weight is 362 g/mol. The first-order valence-corrected chi connectivity index (χ1v) is 9.27. The van der Waals surface area contributed by atoms with Crippen molar-refractivity contribution < 1.29 is 9.32 Å². The molecule has 1 aliphatic rings. The van der Waals surface area contributed by atoms with E-state index in [0.29, 0.717) is 23.7 Å². The fourth-order valence-electron chi connectivity index (χ4n) is 3.27. The van der Waals surface area contributed by atoms with Gasteiger partial charge in [-0.15, -0.1) is 0 Å². The lowest BCUT2D eigenvalue weighted by Crippen LogP contribution is -2.48. The first-order valence-electron chi connectivity index (χ1n) is 9.27. The maximum atomic E-state index is 12.8. The smallest absolute Gasteiger partial charge is 0.253 e. The van der Waals surface area contributed by atoms with Gasteiger partial charge in [-0.3, -0.25) is 4.79 Å².